The van der Waals surface area contributed by atoms with Gasteiger partial charge in [0.05, 0.1) is 24.7 Å². The van der Waals surface area contributed by atoms with Crippen LogP contribution in [0, 0.1) is 0 Å². The van der Waals surface area contributed by atoms with Gasteiger partial charge in [0.1, 0.15) is 0 Å². The van der Waals surface area contributed by atoms with Crippen LogP contribution in [-0.4, -0.2) is 61.1 Å². The van der Waals surface area contributed by atoms with Crippen LogP contribution in [0.2, 0.25) is 0 Å². The van der Waals surface area contributed by atoms with E-state index in [1.54, 1.807) is 0 Å². The molecule has 5 nitrogen and oxygen atoms in total. The SMILES string of the molecule is O=C(CSCC(=O)N1CCOCC1)NCC1(c2ccccc2)CC1. The summed E-state index contributed by atoms with van der Waals surface area (Å²) >= 11 is 1.39. The first kappa shape index (κ1) is 17.3. The summed E-state index contributed by atoms with van der Waals surface area (Å²) in [5.41, 5.74) is 1.44. The predicted octanol–water partition coefficient (Wildman–Crippen LogP) is 1.43. The first-order chi connectivity index (χ1) is 11.7. The van der Waals surface area contributed by atoms with Gasteiger partial charge in [-0.1, -0.05) is 30.3 Å². The Kier molecular flexibility index (Phi) is 5.79. The molecule has 1 heterocycles. The van der Waals surface area contributed by atoms with Gasteiger partial charge in [-0.25, -0.2) is 0 Å². The number of hydrogen-bond acceptors (Lipinski definition) is 4. The van der Waals surface area contributed by atoms with Gasteiger partial charge in [-0.3, -0.25) is 9.59 Å². The summed E-state index contributed by atoms with van der Waals surface area (Å²) in [7, 11) is 0. The monoisotopic (exact) mass is 348 g/mol. The first-order valence-electron chi connectivity index (χ1n) is 8.45. The fraction of sp³-hybridized carbons (Fsp3) is 0.556. The molecule has 1 aromatic carbocycles. The summed E-state index contributed by atoms with van der Waals surface area (Å²) in [6, 6.07) is 10.4. The lowest BCUT2D eigenvalue weighted by atomic mass is 9.96. The molecule has 1 N–H and O–H groups in total. The first-order valence-corrected chi connectivity index (χ1v) is 9.61. The Morgan fingerprint density at radius 1 is 1.12 bits per heavy atom. The summed E-state index contributed by atoms with van der Waals surface area (Å²) in [4.78, 5) is 25.8. The van der Waals surface area contributed by atoms with Crippen molar-refractivity contribution in [3.05, 3.63) is 35.9 Å². The number of nitrogens with one attached hydrogen (secondary N) is 1. The minimum Gasteiger partial charge on any atom is -0.378 e. The molecule has 1 aromatic rings. The normalized spacial score (nSPS) is 18.9. The van der Waals surface area contributed by atoms with Crippen LogP contribution in [0.5, 0.6) is 0 Å². The number of nitrogens with zero attached hydrogens (tertiary/aromatic N) is 1. The van der Waals surface area contributed by atoms with Gasteiger partial charge in [-0.15, -0.1) is 11.8 Å². The fourth-order valence-corrected chi connectivity index (χ4v) is 3.71. The summed E-state index contributed by atoms with van der Waals surface area (Å²) in [6.07, 6.45) is 2.25. The number of benzene rings is 1. The minimum absolute atomic E-state index is 0.0111. The van der Waals surface area contributed by atoms with Crippen LogP contribution in [0.4, 0.5) is 0 Å². The zero-order valence-corrected chi connectivity index (χ0v) is 14.6. The quantitative estimate of drug-likeness (QED) is 0.810. The Morgan fingerprint density at radius 2 is 1.83 bits per heavy atom. The molecule has 2 amide bonds. The number of rotatable bonds is 7. The average Bonchev–Trinajstić information content (AvgIpc) is 3.43. The highest BCUT2D eigenvalue weighted by Crippen LogP contribution is 2.47. The van der Waals surface area contributed by atoms with Crippen molar-refractivity contribution in [1.82, 2.24) is 10.2 Å². The largest absolute Gasteiger partial charge is 0.378 e. The number of morpholine rings is 1. The van der Waals surface area contributed by atoms with Crippen LogP contribution in [0.1, 0.15) is 18.4 Å². The topological polar surface area (TPSA) is 58.6 Å². The summed E-state index contributed by atoms with van der Waals surface area (Å²) in [5.74, 6) is 0.800. The molecular weight excluding hydrogens is 324 g/mol. The molecule has 0 radical (unpaired) electrons. The van der Waals surface area contributed by atoms with Crippen LogP contribution in [0.3, 0.4) is 0 Å². The molecule has 1 saturated carbocycles. The standard InChI is InChI=1S/C18H24N2O3S/c21-16(12-24-13-17(22)20-8-10-23-11-9-20)19-14-18(6-7-18)15-4-2-1-3-5-15/h1-5H,6-14H2,(H,19,21). The molecule has 1 aliphatic heterocycles. The number of carbonyl (C=O) groups is 2. The summed E-state index contributed by atoms with van der Waals surface area (Å²) < 4.78 is 5.23. The van der Waals surface area contributed by atoms with E-state index < -0.39 is 0 Å². The second-order valence-corrected chi connectivity index (χ2v) is 7.39. The predicted molar refractivity (Wildman–Crippen MR) is 95.1 cm³/mol. The van der Waals surface area contributed by atoms with Gasteiger partial charge in [0.2, 0.25) is 11.8 Å². The van der Waals surface area contributed by atoms with Crippen molar-refractivity contribution in [1.29, 1.82) is 0 Å². The van der Waals surface area contributed by atoms with E-state index in [2.05, 4.69) is 17.4 Å². The van der Waals surface area contributed by atoms with Gasteiger partial charge in [0.15, 0.2) is 0 Å². The van der Waals surface area contributed by atoms with E-state index in [1.165, 1.54) is 17.3 Å². The van der Waals surface area contributed by atoms with Gasteiger partial charge in [-0.05, 0) is 18.4 Å². The molecule has 0 unspecified atom stereocenters. The lowest BCUT2D eigenvalue weighted by Crippen LogP contribution is -2.41. The molecule has 0 atom stereocenters. The fourth-order valence-electron chi connectivity index (χ4n) is 2.96. The van der Waals surface area contributed by atoms with Crippen molar-refractivity contribution in [2.45, 2.75) is 18.3 Å². The van der Waals surface area contributed by atoms with Crippen molar-refractivity contribution in [2.24, 2.45) is 0 Å². The van der Waals surface area contributed by atoms with Gasteiger partial charge in [0.25, 0.3) is 0 Å². The van der Waals surface area contributed by atoms with Gasteiger partial charge in [0, 0.05) is 25.0 Å². The van der Waals surface area contributed by atoms with Crippen molar-refractivity contribution in [2.75, 3.05) is 44.4 Å². The minimum atomic E-state index is 0.0111. The number of hydrogen-bond donors (Lipinski definition) is 1. The lowest BCUT2D eigenvalue weighted by molar-refractivity contribution is -0.132. The second-order valence-electron chi connectivity index (χ2n) is 6.41. The lowest BCUT2D eigenvalue weighted by Gasteiger charge is -2.26. The molecule has 6 heteroatoms. The molecule has 2 aliphatic rings. The highest BCUT2D eigenvalue weighted by atomic mass is 32.2. The van der Waals surface area contributed by atoms with Crippen molar-refractivity contribution in [3.8, 4) is 0 Å². The van der Waals surface area contributed by atoms with Crippen molar-refractivity contribution >= 4 is 23.6 Å². The smallest absolute Gasteiger partial charge is 0.232 e. The molecule has 3 rings (SSSR count). The molecule has 0 spiro atoms. The van der Waals surface area contributed by atoms with Crippen molar-refractivity contribution < 1.29 is 14.3 Å². The molecule has 1 aliphatic carbocycles. The highest BCUT2D eigenvalue weighted by molar-refractivity contribution is 8.00. The average molecular weight is 348 g/mol. The Morgan fingerprint density at radius 3 is 2.50 bits per heavy atom. The molecule has 130 valence electrons. The van der Waals surface area contributed by atoms with Crippen molar-refractivity contribution in [3.63, 3.8) is 0 Å². The molecular formula is C18H24N2O3S. The van der Waals surface area contributed by atoms with Gasteiger partial charge >= 0.3 is 0 Å². The number of thioether (sulfide) groups is 1. The van der Waals surface area contributed by atoms with E-state index in [0.29, 0.717) is 44.4 Å². The van der Waals surface area contributed by atoms with Crippen LogP contribution in [0.25, 0.3) is 0 Å². The third-order valence-corrected chi connectivity index (χ3v) is 5.60. The molecule has 24 heavy (non-hydrogen) atoms. The Hall–Kier alpha value is -1.53. The highest BCUT2D eigenvalue weighted by Gasteiger charge is 2.44. The Bertz CT molecular complexity index is 569. The Labute approximate surface area is 147 Å². The summed E-state index contributed by atoms with van der Waals surface area (Å²) in [5, 5.41) is 3.03. The van der Waals surface area contributed by atoms with E-state index in [4.69, 9.17) is 4.74 Å². The third-order valence-electron chi connectivity index (χ3n) is 4.69. The van der Waals surface area contributed by atoms with Gasteiger partial charge in [-0.2, -0.15) is 0 Å². The van der Waals surface area contributed by atoms with Crippen LogP contribution in [-0.2, 0) is 19.7 Å². The van der Waals surface area contributed by atoms with Crippen LogP contribution < -0.4 is 5.32 Å². The van der Waals surface area contributed by atoms with E-state index in [1.807, 2.05) is 23.1 Å². The van der Waals surface area contributed by atoms with E-state index in [9.17, 15) is 9.59 Å². The number of carbonyl (C=O) groups excluding carboxylic acids is 2. The van der Waals surface area contributed by atoms with E-state index in [0.717, 1.165) is 12.8 Å². The number of amides is 2. The third kappa shape index (κ3) is 4.51. The molecule has 0 bridgehead atoms. The maximum absolute atomic E-state index is 12.0. The van der Waals surface area contributed by atoms with Gasteiger partial charge < -0.3 is 15.0 Å². The van der Waals surface area contributed by atoms with Crippen LogP contribution >= 0.6 is 11.8 Å². The Balaban J connectivity index is 1.35. The summed E-state index contributed by atoms with van der Waals surface area (Å²) in [6.45, 7) is 3.22. The van der Waals surface area contributed by atoms with E-state index >= 15 is 0 Å². The molecule has 1 saturated heterocycles. The maximum atomic E-state index is 12.0. The number of ether oxygens (including phenoxy) is 1. The zero-order valence-electron chi connectivity index (χ0n) is 13.8. The zero-order chi connectivity index (χ0) is 16.8. The van der Waals surface area contributed by atoms with E-state index in [-0.39, 0.29) is 17.2 Å². The molecule has 2 fully saturated rings. The second kappa shape index (κ2) is 8.03. The van der Waals surface area contributed by atoms with Crippen LogP contribution in [0.15, 0.2) is 30.3 Å². The maximum Gasteiger partial charge on any atom is 0.232 e. The molecule has 0 aromatic heterocycles.